The van der Waals surface area contributed by atoms with Crippen molar-refractivity contribution in [3.63, 3.8) is 0 Å². The smallest absolute Gasteiger partial charge is 0.405 e. The Kier molecular flexibility index (Phi) is 3.49. The van der Waals surface area contributed by atoms with Crippen LogP contribution >= 0.6 is 0 Å². The molecule has 104 valence electrons. The summed E-state index contributed by atoms with van der Waals surface area (Å²) in [6, 6.07) is 5.02. The largest absolute Gasteiger partial charge is 0.465 e. The number of nitrogens with zero attached hydrogens (tertiary/aromatic N) is 1. The van der Waals surface area contributed by atoms with Crippen LogP contribution in [0.1, 0.15) is 31.9 Å². The van der Waals surface area contributed by atoms with E-state index in [4.69, 9.17) is 5.11 Å². The van der Waals surface area contributed by atoms with Crippen molar-refractivity contribution in [3.05, 3.63) is 35.1 Å². The molecule has 1 atom stereocenters. The summed E-state index contributed by atoms with van der Waals surface area (Å²) in [5.74, 6) is -0.219. The number of hydrogen-bond donors (Lipinski definition) is 2. The fourth-order valence-corrected chi connectivity index (χ4v) is 2.56. The van der Waals surface area contributed by atoms with E-state index in [9.17, 15) is 9.18 Å². The van der Waals surface area contributed by atoms with Crippen molar-refractivity contribution in [1.29, 1.82) is 0 Å². The number of halogens is 1. The Morgan fingerprint density at radius 1 is 1.42 bits per heavy atom. The zero-order chi connectivity index (χ0) is 14.2. The van der Waals surface area contributed by atoms with Gasteiger partial charge < -0.3 is 10.4 Å². The first-order valence-corrected chi connectivity index (χ1v) is 6.29. The van der Waals surface area contributed by atoms with Gasteiger partial charge >= 0.3 is 6.09 Å². The lowest BCUT2D eigenvalue weighted by Gasteiger charge is -2.37. The van der Waals surface area contributed by atoms with Crippen LogP contribution in [-0.2, 0) is 13.1 Å². The summed E-state index contributed by atoms with van der Waals surface area (Å²) in [5.41, 5.74) is 1.34. The van der Waals surface area contributed by atoms with Crippen molar-refractivity contribution in [2.75, 3.05) is 0 Å². The van der Waals surface area contributed by atoms with Crippen LogP contribution in [0.2, 0.25) is 0 Å². The van der Waals surface area contributed by atoms with Gasteiger partial charge in [0.2, 0.25) is 0 Å². The molecule has 1 heterocycles. The van der Waals surface area contributed by atoms with E-state index in [1.165, 1.54) is 6.07 Å². The zero-order valence-electron chi connectivity index (χ0n) is 11.4. The Morgan fingerprint density at radius 2 is 2.11 bits per heavy atom. The third-order valence-electron chi connectivity index (χ3n) is 3.40. The summed E-state index contributed by atoms with van der Waals surface area (Å²) in [4.78, 5) is 12.9. The molecule has 0 aliphatic carbocycles. The molecule has 5 heteroatoms. The minimum Gasteiger partial charge on any atom is -0.465 e. The zero-order valence-corrected chi connectivity index (χ0v) is 11.4. The van der Waals surface area contributed by atoms with Gasteiger partial charge in [-0.3, -0.25) is 4.90 Å². The minimum absolute atomic E-state index is 0.219. The molecule has 1 aromatic rings. The number of carbonyl (C=O) groups is 1. The topological polar surface area (TPSA) is 52.6 Å². The molecular weight excluding hydrogens is 247 g/mol. The second-order valence-electron chi connectivity index (χ2n) is 6.00. The normalized spacial score (nSPS) is 17.1. The van der Waals surface area contributed by atoms with E-state index in [1.807, 2.05) is 31.7 Å². The van der Waals surface area contributed by atoms with Gasteiger partial charge in [-0.15, -0.1) is 0 Å². The molecule has 19 heavy (non-hydrogen) atoms. The van der Waals surface area contributed by atoms with E-state index in [0.717, 1.165) is 5.56 Å². The molecular formula is C14H19FN2O2. The van der Waals surface area contributed by atoms with Crippen LogP contribution < -0.4 is 5.32 Å². The maximum Gasteiger partial charge on any atom is 0.405 e. The average Bonchev–Trinajstić information content (AvgIpc) is 2.69. The highest BCUT2D eigenvalue weighted by molar-refractivity contribution is 5.64. The lowest BCUT2D eigenvalue weighted by atomic mass is 9.91. The van der Waals surface area contributed by atoms with Gasteiger partial charge in [-0.2, -0.15) is 0 Å². The maximum atomic E-state index is 13.7. The van der Waals surface area contributed by atoms with Gasteiger partial charge in [-0.25, -0.2) is 9.18 Å². The van der Waals surface area contributed by atoms with E-state index in [0.29, 0.717) is 18.7 Å². The van der Waals surface area contributed by atoms with Gasteiger partial charge in [0.1, 0.15) is 5.82 Å². The van der Waals surface area contributed by atoms with Gasteiger partial charge in [-0.1, -0.05) is 32.9 Å². The SMILES string of the molecule is CC(C)(C)C(NC(=O)O)N1Cc2cccc(F)c2C1. The maximum absolute atomic E-state index is 13.7. The highest BCUT2D eigenvalue weighted by Gasteiger charge is 2.35. The first kappa shape index (κ1) is 13.8. The molecule has 0 bridgehead atoms. The Bertz CT molecular complexity index is 497. The molecule has 1 amide bonds. The molecule has 0 aromatic heterocycles. The van der Waals surface area contributed by atoms with Crippen molar-refractivity contribution >= 4 is 6.09 Å². The van der Waals surface area contributed by atoms with Crippen molar-refractivity contribution in [2.45, 2.75) is 40.0 Å². The second kappa shape index (κ2) is 4.81. The number of carboxylic acid groups (broad SMARTS) is 1. The lowest BCUT2D eigenvalue weighted by molar-refractivity contribution is 0.0663. The van der Waals surface area contributed by atoms with Crippen molar-refractivity contribution in [1.82, 2.24) is 10.2 Å². The quantitative estimate of drug-likeness (QED) is 0.865. The minimum atomic E-state index is -1.06. The first-order valence-electron chi connectivity index (χ1n) is 6.29. The van der Waals surface area contributed by atoms with Crippen molar-refractivity contribution < 1.29 is 14.3 Å². The molecule has 1 aromatic carbocycles. The van der Waals surface area contributed by atoms with Crippen LogP contribution in [0, 0.1) is 11.2 Å². The number of hydrogen-bond acceptors (Lipinski definition) is 2. The Labute approximate surface area is 112 Å². The van der Waals surface area contributed by atoms with Crippen LogP contribution in [0.25, 0.3) is 0 Å². The molecule has 0 saturated heterocycles. The number of fused-ring (bicyclic) bond motifs is 1. The van der Waals surface area contributed by atoms with Crippen LogP contribution in [0.3, 0.4) is 0 Å². The summed E-state index contributed by atoms with van der Waals surface area (Å²) in [5, 5.41) is 11.5. The van der Waals surface area contributed by atoms with Crippen LogP contribution in [0.4, 0.5) is 9.18 Å². The van der Waals surface area contributed by atoms with Crippen LogP contribution in [0.5, 0.6) is 0 Å². The highest BCUT2D eigenvalue weighted by atomic mass is 19.1. The van der Waals surface area contributed by atoms with Gasteiger partial charge in [0.05, 0.1) is 6.17 Å². The Morgan fingerprint density at radius 3 is 2.63 bits per heavy atom. The first-order chi connectivity index (χ1) is 8.79. The molecule has 2 rings (SSSR count). The van der Waals surface area contributed by atoms with E-state index in [-0.39, 0.29) is 17.4 Å². The fourth-order valence-electron chi connectivity index (χ4n) is 2.56. The molecule has 1 aliphatic rings. The average molecular weight is 266 g/mol. The predicted molar refractivity (Wildman–Crippen MR) is 70.1 cm³/mol. The summed E-state index contributed by atoms with van der Waals surface area (Å²) < 4.78 is 13.7. The molecule has 4 nitrogen and oxygen atoms in total. The number of rotatable bonds is 2. The monoisotopic (exact) mass is 266 g/mol. The van der Waals surface area contributed by atoms with E-state index < -0.39 is 6.09 Å². The summed E-state index contributed by atoms with van der Waals surface area (Å²) in [6.45, 7) is 6.90. The Balaban J connectivity index is 2.23. The van der Waals surface area contributed by atoms with E-state index >= 15 is 0 Å². The Hall–Kier alpha value is -1.62. The van der Waals surface area contributed by atoms with E-state index in [1.54, 1.807) is 6.07 Å². The third kappa shape index (κ3) is 2.87. The van der Waals surface area contributed by atoms with E-state index in [2.05, 4.69) is 5.32 Å². The van der Waals surface area contributed by atoms with Crippen LogP contribution in [-0.4, -0.2) is 22.3 Å². The standard InChI is InChI=1S/C14H19FN2O2/c1-14(2,3)12(16-13(18)19)17-7-9-5-4-6-11(15)10(9)8-17/h4-6,12,16H,7-8H2,1-3H3,(H,18,19). The molecule has 0 spiro atoms. The third-order valence-corrected chi connectivity index (χ3v) is 3.40. The molecule has 2 N–H and O–H groups in total. The molecule has 1 unspecified atom stereocenters. The van der Waals surface area contributed by atoms with Crippen LogP contribution in [0.15, 0.2) is 18.2 Å². The molecule has 0 fully saturated rings. The molecule has 0 saturated carbocycles. The predicted octanol–water partition coefficient (Wildman–Crippen LogP) is 2.78. The summed E-state index contributed by atoms with van der Waals surface area (Å²) in [6.07, 6.45) is -1.41. The van der Waals surface area contributed by atoms with Gasteiger partial charge in [0, 0.05) is 18.7 Å². The van der Waals surface area contributed by atoms with Gasteiger partial charge in [0.15, 0.2) is 0 Å². The van der Waals surface area contributed by atoms with Crippen molar-refractivity contribution in [2.24, 2.45) is 5.41 Å². The molecule has 1 aliphatic heterocycles. The number of amides is 1. The lowest BCUT2D eigenvalue weighted by Crippen LogP contribution is -2.53. The number of benzene rings is 1. The fraction of sp³-hybridized carbons (Fsp3) is 0.500. The second-order valence-corrected chi connectivity index (χ2v) is 6.00. The summed E-state index contributed by atoms with van der Waals surface area (Å²) in [7, 11) is 0. The number of nitrogens with one attached hydrogen (secondary N) is 1. The highest BCUT2D eigenvalue weighted by Crippen LogP contribution is 2.31. The summed E-state index contributed by atoms with van der Waals surface area (Å²) >= 11 is 0. The molecule has 0 radical (unpaired) electrons. The van der Waals surface area contributed by atoms with Gasteiger partial charge in [-0.05, 0) is 17.0 Å². The van der Waals surface area contributed by atoms with Gasteiger partial charge in [0.25, 0.3) is 0 Å². The van der Waals surface area contributed by atoms with Crippen molar-refractivity contribution in [3.8, 4) is 0 Å².